The molecule has 2 aromatic rings. The van der Waals surface area contributed by atoms with Crippen molar-refractivity contribution in [3.8, 4) is 11.8 Å². The molecule has 1 saturated heterocycles. The second-order valence-corrected chi connectivity index (χ2v) is 7.99. The monoisotopic (exact) mass is 359 g/mol. The van der Waals surface area contributed by atoms with Gasteiger partial charge < -0.3 is 10.6 Å². The molecule has 0 bridgehead atoms. The van der Waals surface area contributed by atoms with Crippen LogP contribution in [0.1, 0.15) is 61.8 Å². The Morgan fingerprint density at radius 2 is 1.67 bits per heavy atom. The van der Waals surface area contributed by atoms with E-state index in [9.17, 15) is 0 Å². The minimum absolute atomic E-state index is 0.324. The summed E-state index contributed by atoms with van der Waals surface area (Å²) in [4.78, 5) is 7.41. The number of nitrogens with zero attached hydrogens (tertiary/aromatic N) is 2. The van der Waals surface area contributed by atoms with Gasteiger partial charge in [-0.25, -0.2) is 4.98 Å². The van der Waals surface area contributed by atoms with Crippen LogP contribution in [0, 0.1) is 11.8 Å². The molecule has 1 aliphatic carbocycles. The van der Waals surface area contributed by atoms with Crippen LogP contribution in [-0.4, -0.2) is 23.6 Å². The normalized spacial score (nSPS) is 18.8. The third-order valence-corrected chi connectivity index (χ3v) is 5.80. The van der Waals surface area contributed by atoms with Crippen molar-refractivity contribution < 1.29 is 0 Å². The third-order valence-electron chi connectivity index (χ3n) is 5.80. The molecule has 1 aromatic carbocycles. The molecule has 2 heterocycles. The SMILES string of the molecule is NC1(C#Cc2ccc(N3CCCC3)nc2Cc2ccccc2)CCCCC1. The fraction of sp³-hybridized carbons (Fsp3) is 0.458. The molecule has 3 nitrogen and oxygen atoms in total. The zero-order valence-corrected chi connectivity index (χ0v) is 16.1. The smallest absolute Gasteiger partial charge is 0.128 e. The van der Waals surface area contributed by atoms with Crippen LogP contribution in [0.25, 0.3) is 0 Å². The lowest BCUT2D eigenvalue weighted by Crippen LogP contribution is -2.40. The second kappa shape index (κ2) is 8.15. The summed E-state index contributed by atoms with van der Waals surface area (Å²) in [5, 5.41) is 0. The van der Waals surface area contributed by atoms with E-state index in [1.807, 2.05) is 0 Å². The maximum absolute atomic E-state index is 6.54. The van der Waals surface area contributed by atoms with E-state index in [2.05, 4.69) is 59.2 Å². The zero-order chi connectivity index (χ0) is 18.5. The minimum Gasteiger partial charge on any atom is -0.357 e. The van der Waals surface area contributed by atoms with E-state index in [-0.39, 0.29) is 5.54 Å². The molecule has 140 valence electrons. The van der Waals surface area contributed by atoms with E-state index in [1.165, 1.54) is 37.7 Å². The largest absolute Gasteiger partial charge is 0.357 e. The molecule has 1 aromatic heterocycles. The Bertz CT molecular complexity index is 820. The third kappa shape index (κ3) is 4.51. The molecule has 2 aliphatic rings. The number of aromatic nitrogens is 1. The van der Waals surface area contributed by atoms with Gasteiger partial charge in [0.05, 0.1) is 11.2 Å². The van der Waals surface area contributed by atoms with Crippen LogP contribution in [-0.2, 0) is 6.42 Å². The van der Waals surface area contributed by atoms with Crippen molar-refractivity contribution in [1.82, 2.24) is 4.98 Å². The molecule has 3 heteroatoms. The number of hydrogen-bond donors (Lipinski definition) is 1. The Labute approximate surface area is 163 Å². The Hall–Kier alpha value is -2.31. The summed E-state index contributed by atoms with van der Waals surface area (Å²) in [5.41, 5.74) is 9.58. The predicted octanol–water partition coefficient (Wildman–Crippen LogP) is 4.29. The Kier molecular flexibility index (Phi) is 5.45. The molecule has 4 rings (SSSR count). The highest BCUT2D eigenvalue weighted by Crippen LogP contribution is 2.26. The molecule has 0 atom stereocenters. The summed E-state index contributed by atoms with van der Waals surface area (Å²) >= 11 is 0. The summed E-state index contributed by atoms with van der Waals surface area (Å²) in [7, 11) is 0. The maximum Gasteiger partial charge on any atom is 0.128 e. The average Bonchev–Trinajstić information content (AvgIpc) is 3.23. The first-order chi connectivity index (χ1) is 13.2. The van der Waals surface area contributed by atoms with Crippen LogP contribution >= 0.6 is 0 Å². The number of rotatable bonds is 3. The number of pyridine rings is 1. The first kappa shape index (κ1) is 18.1. The quantitative estimate of drug-likeness (QED) is 0.832. The van der Waals surface area contributed by atoms with Crippen LogP contribution < -0.4 is 10.6 Å². The van der Waals surface area contributed by atoms with Crippen LogP contribution in [0.15, 0.2) is 42.5 Å². The lowest BCUT2D eigenvalue weighted by molar-refractivity contribution is 0.370. The number of hydrogen-bond acceptors (Lipinski definition) is 3. The molecular formula is C24H29N3. The van der Waals surface area contributed by atoms with Gasteiger partial charge in [0, 0.05) is 25.1 Å². The highest BCUT2D eigenvalue weighted by molar-refractivity contribution is 5.49. The molecule has 2 fully saturated rings. The lowest BCUT2D eigenvalue weighted by Gasteiger charge is -2.27. The molecule has 0 unspecified atom stereocenters. The molecule has 0 amide bonds. The average molecular weight is 360 g/mol. The number of nitrogens with two attached hydrogens (primary N) is 1. The zero-order valence-electron chi connectivity index (χ0n) is 16.1. The van der Waals surface area contributed by atoms with Gasteiger partial charge >= 0.3 is 0 Å². The van der Waals surface area contributed by atoms with Gasteiger partial charge in [-0.2, -0.15) is 0 Å². The van der Waals surface area contributed by atoms with E-state index in [0.29, 0.717) is 0 Å². The predicted molar refractivity (Wildman–Crippen MR) is 112 cm³/mol. The first-order valence-electron chi connectivity index (χ1n) is 10.3. The number of anilines is 1. The standard InChI is InChI=1S/C24H29N3/c25-24(14-5-2-6-15-24)16-13-21-11-12-23(27-17-7-8-18-27)26-22(21)19-20-9-3-1-4-10-20/h1,3-4,9-12H,2,5-8,14-15,17-19,25H2. The van der Waals surface area contributed by atoms with Gasteiger partial charge in [-0.15, -0.1) is 0 Å². The van der Waals surface area contributed by atoms with Gasteiger partial charge in [-0.05, 0) is 43.4 Å². The lowest BCUT2D eigenvalue weighted by atomic mass is 9.83. The molecule has 0 radical (unpaired) electrons. The summed E-state index contributed by atoms with van der Waals surface area (Å²) in [6, 6.07) is 14.8. The van der Waals surface area contributed by atoms with Crippen molar-refractivity contribution in [2.24, 2.45) is 5.73 Å². The van der Waals surface area contributed by atoms with Crippen LogP contribution in [0.4, 0.5) is 5.82 Å². The van der Waals surface area contributed by atoms with E-state index in [0.717, 1.165) is 49.4 Å². The molecule has 1 saturated carbocycles. The van der Waals surface area contributed by atoms with Crippen LogP contribution in [0.2, 0.25) is 0 Å². The van der Waals surface area contributed by atoms with Crippen molar-refractivity contribution in [3.63, 3.8) is 0 Å². The van der Waals surface area contributed by atoms with Gasteiger partial charge in [0.15, 0.2) is 0 Å². The Morgan fingerprint density at radius 3 is 2.41 bits per heavy atom. The summed E-state index contributed by atoms with van der Waals surface area (Å²) in [6.45, 7) is 2.21. The number of benzene rings is 1. The van der Waals surface area contributed by atoms with Crippen molar-refractivity contribution in [2.45, 2.75) is 56.9 Å². The summed E-state index contributed by atoms with van der Waals surface area (Å²) in [6.07, 6.45) is 9.00. The second-order valence-electron chi connectivity index (χ2n) is 7.99. The van der Waals surface area contributed by atoms with E-state index in [1.54, 1.807) is 0 Å². The molecule has 1 aliphatic heterocycles. The minimum atomic E-state index is -0.324. The van der Waals surface area contributed by atoms with Crippen LogP contribution in [0.3, 0.4) is 0 Å². The van der Waals surface area contributed by atoms with Crippen molar-refractivity contribution in [3.05, 3.63) is 59.3 Å². The van der Waals surface area contributed by atoms with Gasteiger partial charge in [-0.3, -0.25) is 0 Å². The van der Waals surface area contributed by atoms with E-state index in [4.69, 9.17) is 10.7 Å². The fourth-order valence-electron chi connectivity index (χ4n) is 4.15. The van der Waals surface area contributed by atoms with Gasteiger partial charge in [0.2, 0.25) is 0 Å². The van der Waals surface area contributed by atoms with Crippen molar-refractivity contribution in [2.75, 3.05) is 18.0 Å². The topological polar surface area (TPSA) is 42.1 Å². The van der Waals surface area contributed by atoms with Gasteiger partial charge in [0.1, 0.15) is 5.82 Å². The Morgan fingerprint density at radius 1 is 0.926 bits per heavy atom. The first-order valence-corrected chi connectivity index (χ1v) is 10.3. The summed E-state index contributed by atoms with van der Waals surface area (Å²) < 4.78 is 0. The van der Waals surface area contributed by atoms with Crippen molar-refractivity contribution in [1.29, 1.82) is 0 Å². The molecule has 27 heavy (non-hydrogen) atoms. The maximum atomic E-state index is 6.54. The van der Waals surface area contributed by atoms with E-state index < -0.39 is 0 Å². The fourth-order valence-corrected chi connectivity index (χ4v) is 4.15. The van der Waals surface area contributed by atoms with Crippen molar-refractivity contribution >= 4 is 5.82 Å². The van der Waals surface area contributed by atoms with Crippen LogP contribution in [0.5, 0.6) is 0 Å². The highest BCUT2D eigenvalue weighted by Gasteiger charge is 2.25. The Balaban J connectivity index is 1.65. The highest BCUT2D eigenvalue weighted by atomic mass is 15.2. The molecule has 2 N–H and O–H groups in total. The summed E-state index contributed by atoms with van der Waals surface area (Å²) in [5.74, 6) is 7.90. The molecular weight excluding hydrogens is 330 g/mol. The van der Waals surface area contributed by atoms with E-state index >= 15 is 0 Å². The van der Waals surface area contributed by atoms with Gasteiger partial charge in [0.25, 0.3) is 0 Å². The van der Waals surface area contributed by atoms with Gasteiger partial charge in [-0.1, -0.05) is 61.4 Å². The molecule has 0 spiro atoms.